The SMILES string of the molecule is C/C(=C\c1cc(C)c(-c2ccc3[nH]c(=O)[nH]c3c2)cc1C)C(=O)O. The van der Waals surface area contributed by atoms with Gasteiger partial charge in [0.25, 0.3) is 0 Å². The Hall–Kier alpha value is -3.08. The van der Waals surface area contributed by atoms with Crippen LogP contribution in [-0.2, 0) is 4.79 Å². The number of hydrogen-bond donors (Lipinski definition) is 3. The topological polar surface area (TPSA) is 86.0 Å². The Kier molecular flexibility index (Phi) is 3.85. The van der Waals surface area contributed by atoms with Crippen LogP contribution in [0, 0.1) is 13.8 Å². The molecule has 2 aromatic carbocycles. The number of nitrogens with one attached hydrogen (secondary N) is 2. The molecule has 0 amide bonds. The zero-order chi connectivity index (χ0) is 17.4. The van der Waals surface area contributed by atoms with E-state index >= 15 is 0 Å². The van der Waals surface area contributed by atoms with Gasteiger partial charge in [0.1, 0.15) is 0 Å². The number of imidazole rings is 1. The monoisotopic (exact) mass is 322 g/mol. The molecule has 3 aromatic rings. The van der Waals surface area contributed by atoms with Gasteiger partial charge in [0, 0.05) is 5.57 Å². The molecule has 5 nitrogen and oxygen atoms in total. The minimum atomic E-state index is -0.919. The molecule has 1 heterocycles. The van der Waals surface area contributed by atoms with Gasteiger partial charge in [-0.15, -0.1) is 0 Å². The third-order valence-corrected chi connectivity index (χ3v) is 4.15. The first kappa shape index (κ1) is 15.8. The van der Waals surface area contributed by atoms with E-state index in [-0.39, 0.29) is 5.69 Å². The zero-order valence-electron chi connectivity index (χ0n) is 13.7. The van der Waals surface area contributed by atoms with Crippen LogP contribution in [0.4, 0.5) is 0 Å². The number of carboxylic acid groups (broad SMARTS) is 1. The average Bonchev–Trinajstić information content (AvgIpc) is 2.89. The molecule has 3 rings (SSSR count). The molecule has 122 valence electrons. The van der Waals surface area contributed by atoms with E-state index in [4.69, 9.17) is 5.11 Å². The van der Waals surface area contributed by atoms with Crippen molar-refractivity contribution in [1.29, 1.82) is 0 Å². The van der Waals surface area contributed by atoms with Gasteiger partial charge in [-0.1, -0.05) is 18.2 Å². The van der Waals surface area contributed by atoms with Crippen LogP contribution in [0.3, 0.4) is 0 Å². The number of aromatic amines is 2. The Labute approximate surface area is 138 Å². The van der Waals surface area contributed by atoms with Crippen molar-refractivity contribution in [1.82, 2.24) is 9.97 Å². The van der Waals surface area contributed by atoms with Gasteiger partial charge in [0.15, 0.2) is 0 Å². The van der Waals surface area contributed by atoms with Crippen molar-refractivity contribution in [3.63, 3.8) is 0 Å². The number of aromatic nitrogens is 2. The summed E-state index contributed by atoms with van der Waals surface area (Å²) in [6, 6.07) is 9.81. The van der Waals surface area contributed by atoms with Crippen LogP contribution in [-0.4, -0.2) is 21.0 Å². The Morgan fingerprint density at radius 1 is 1.04 bits per heavy atom. The number of aliphatic carboxylic acids is 1. The van der Waals surface area contributed by atoms with Crippen LogP contribution in [0.1, 0.15) is 23.6 Å². The molecule has 0 bridgehead atoms. The van der Waals surface area contributed by atoms with Crippen LogP contribution in [0.25, 0.3) is 28.2 Å². The Morgan fingerprint density at radius 2 is 1.75 bits per heavy atom. The second-order valence-corrected chi connectivity index (χ2v) is 6.00. The summed E-state index contributed by atoms with van der Waals surface area (Å²) in [5.41, 5.74) is 6.62. The first-order valence-electron chi connectivity index (χ1n) is 7.60. The average molecular weight is 322 g/mol. The van der Waals surface area contributed by atoms with Crippen molar-refractivity contribution in [2.45, 2.75) is 20.8 Å². The first-order chi connectivity index (χ1) is 11.3. The molecule has 24 heavy (non-hydrogen) atoms. The molecule has 5 heteroatoms. The van der Waals surface area contributed by atoms with Crippen LogP contribution in [0.5, 0.6) is 0 Å². The fourth-order valence-electron chi connectivity index (χ4n) is 2.80. The number of H-pyrrole nitrogens is 2. The van der Waals surface area contributed by atoms with Crippen molar-refractivity contribution in [2.24, 2.45) is 0 Å². The summed E-state index contributed by atoms with van der Waals surface area (Å²) in [6.45, 7) is 5.54. The summed E-state index contributed by atoms with van der Waals surface area (Å²) in [4.78, 5) is 27.9. The molecule has 0 saturated carbocycles. The van der Waals surface area contributed by atoms with E-state index in [1.807, 2.05) is 44.2 Å². The predicted molar refractivity (Wildman–Crippen MR) is 95.1 cm³/mol. The van der Waals surface area contributed by atoms with Gasteiger partial charge in [0.05, 0.1) is 11.0 Å². The second-order valence-electron chi connectivity index (χ2n) is 6.00. The third kappa shape index (κ3) is 2.88. The number of fused-ring (bicyclic) bond motifs is 1. The molecule has 1 aromatic heterocycles. The lowest BCUT2D eigenvalue weighted by Gasteiger charge is -2.11. The molecule has 0 unspecified atom stereocenters. The number of rotatable bonds is 3. The lowest BCUT2D eigenvalue weighted by molar-refractivity contribution is -0.132. The highest BCUT2D eigenvalue weighted by Gasteiger charge is 2.09. The van der Waals surface area contributed by atoms with Crippen molar-refractivity contribution < 1.29 is 9.90 Å². The summed E-state index contributed by atoms with van der Waals surface area (Å²) in [5, 5.41) is 9.04. The standard InChI is InChI=1S/C19H18N2O3/c1-10-8-15(11(2)6-14(10)7-12(3)18(22)23)13-4-5-16-17(9-13)21-19(24)20-16/h4-9H,1-3H3,(H,22,23)(H2,20,21,24)/b12-7+. The molecule has 0 aliphatic carbocycles. The highest BCUT2D eigenvalue weighted by atomic mass is 16.4. The smallest absolute Gasteiger partial charge is 0.331 e. The lowest BCUT2D eigenvalue weighted by atomic mass is 9.94. The first-order valence-corrected chi connectivity index (χ1v) is 7.60. The molecular weight excluding hydrogens is 304 g/mol. The highest BCUT2D eigenvalue weighted by Crippen LogP contribution is 2.29. The van der Waals surface area contributed by atoms with E-state index in [0.717, 1.165) is 38.9 Å². The van der Waals surface area contributed by atoms with E-state index in [9.17, 15) is 9.59 Å². The van der Waals surface area contributed by atoms with Crippen LogP contribution in [0.2, 0.25) is 0 Å². The molecular formula is C19H18N2O3. The predicted octanol–water partition coefficient (Wildman–Crippen LogP) is 3.63. The normalized spacial score (nSPS) is 11.9. The van der Waals surface area contributed by atoms with Gasteiger partial charge in [-0.3, -0.25) is 0 Å². The Bertz CT molecular complexity index is 1040. The number of carboxylic acids is 1. The molecule has 0 spiro atoms. The molecule has 0 aliphatic rings. The minimum absolute atomic E-state index is 0.223. The molecule has 0 saturated heterocycles. The van der Waals surface area contributed by atoms with E-state index in [0.29, 0.717) is 5.57 Å². The van der Waals surface area contributed by atoms with Gasteiger partial charge in [0.2, 0.25) is 0 Å². The maximum atomic E-state index is 11.4. The third-order valence-electron chi connectivity index (χ3n) is 4.15. The van der Waals surface area contributed by atoms with E-state index in [2.05, 4.69) is 9.97 Å². The van der Waals surface area contributed by atoms with Crippen molar-refractivity contribution in [3.05, 3.63) is 63.1 Å². The number of benzene rings is 2. The van der Waals surface area contributed by atoms with Gasteiger partial charge in [-0.05, 0) is 66.8 Å². The van der Waals surface area contributed by atoms with E-state index in [1.54, 1.807) is 13.0 Å². The summed E-state index contributed by atoms with van der Waals surface area (Å²) >= 11 is 0. The van der Waals surface area contributed by atoms with Crippen LogP contribution < -0.4 is 5.69 Å². The van der Waals surface area contributed by atoms with Crippen molar-refractivity contribution in [2.75, 3.05) is 0 Å². The Morgan fingerprint density at radius 3 is 2.46 bits per heavy atom. The van der Waals surface area contributed by atoms with E-state index in [1.165, 1.54) is 0 Å². The maximum absolute atomic E-state index is 11.4. The van der Waals surface area contributed by atoms with Crippen molar-refractivity contribution in [3.8, 4) is 11.1 Å². The number of hydrogen-bond acceptors (Lipinski definition) is 2. The van der Waals surface area contributed by atoms with E-state index < -0.39 is 5.97 Å². The number of aryl methyl sites for hydroxylation is 2. The summed E-state index contributed by atoms with van der Waals surface area (Å²) < 4.78 is 0. The summed E-state index contributed by atoms with van der Waals surface area (Å²) in [5.74, 6) is -0.919. The fraction of sp³-hybridized carbons (Fsp3) is 0.158. The van der Waals surface area contributed by atoms with Crippen LogP contribution in [0.15, 0.2) is 40.7 Å². The fourth-order valence-corrected chi connectivity index (χ4v) is 2.80. The van der Waals surface area contributed by atoms with Gasteiger partial charge in [-0.2, -0.15) is 0 Å². The quantitative estimate of drug-likeness (QED) is 0.644. The lowest BCUT2D eigenvalue weighted by Crippen LogP contribution is -1.99. The van der Waals surface area contributed by atoms with Crippen molar-refractivity contribution >= 4 is 23.1 Å². The van der Waals surface area contributed by atoms with Gasteiger partial charge < -0.3 is 15.1 Å². The largest absolute Gasteiger partial charge is 0.478 e. The van der Waals surface area contributed by atoms with Crippen LogP contribution >= 0.6 is 0 Å². The van der Waals surface area contributed by atoms with Gasteiger partial charge in [-0.25, -0.2) is 9.59 Å². The molecule has 0 atom stereocenters. The zero-order valence-corrected chi connectivity index (χ0v) is 13.7. The number of carbonyl (C=O) groups is 1. The molecule has 0 fully saturated rings. The Balaban J connectivity index is 2.11. The molecule has 3 N–H and O–H groups in total. The highest BCUT2D eigenvalue weighted by molar-refractivity contribution is 5.92. The summed E-state index contributed by atoms with van der Waals surface area (Å²) in [6.07, 6.45) is 1.68. The second kappa shape index (κ2) is 5.85. The minimum Gasteiger partial charge on any atom is -0.478 e. The molecule has 0 aliphatic heterocycles. The maximum Gasteiger partial charge on any atom is 0.331 e. The summed E-state index contributed by atoms with van der Waals surface area (Å²) in [7, 11) is 0. The van der Waals surface area contributed by atoms with Gasteiger partial charge >= 0.3 is 11.7 Å². The molecule has 0 radical (unpaired) electrons.